The Balaban J connectivity index is 3.67. The maximum atomic E-state index is 12.4. The lowest BCUT2D eigenvalue weighted by Crippen LogP contribution is -2.50. The third-order valence-corrected chi connectivity index (χ3v) is 9.12. The van der Waals surface area contributed by atoms with Gasteiger partial charge in [-0.25, -0.2) is 0 Å². The van der Waals surface area contributed by atoms with Crippen LogP contribution in [0.2, 0.25) is 0 Å². The van der Waals surface area contributed by atoms with Gasteiger partial charge in [0, 0.05) is 6.42 Å². The molecule has 3 atom stereocenters. The van der Waals surface area contributed by atoms with Gasteiger partial charge in [-0.2, -0.15) is 0 Å². The highest BCUT2D eigenvalue weighted by molar-refractivity contribution is 5.76. The molecule has 0 spiro atoms. The normalized spacial score (nSPS) is 13.8. The van der Waals surface area contributed by atoms with Gasteiger partial charge in [-0.3, -0.25) is 4.79 Å². The molecule has 0 saturated heterocycles. The van der Waals surface area contributed by atoms with Gasteiger partial charge in [0.15, 0.2) is 0 Å². The molecule has 5 nitrogen and oxygen atoms in total. The summed E-state index contributed by atoms with van der Waals surface area (Å²) in [6, 6.07) is -0.819. The first-order valence-corrected chi connectivity index (χ1v) is 19.5. The minimum atomic E-state index is -1.15. The number of rotatable bonds is 35. The highest BCUT2D eigenvalue weighted by Crippen LogP contribution is 2.15. The number of aliphatic hydroxyl groups excluding tert-OH is 3. The predicted octanol–water partition coefficient (Wildman–Crippen LogP) is 10.5. The van der Waals surface area contributed by atoms with Gasteiger partial charge in [0.2, 0.25) is 5.91 Å². The van der Waals surface area contributed by atoms with E-state index in [9.17, 15) is 20.1 Å². The SMILES string of the molecule is CCCCCCCCCC/C=C/CCCC(O)C(O)C(CO)NC(=O)CCCCCCCCCCCCCCCCCCC. The molecule has 0 aromatic heterocycles. The molecule has 0 saturated carbocycles. The number of amides is 1. The second-order valence-corrected chi connectivity index (χ2v) is 13.5. The van der Waals surface area contributed by atoms with E-state index in [4.69, 9.17) is 0 Å². The minimum Gasteiger partial charge on any atom is -0.394 e. The fourth-order valence-corrected chi connectivity index (χ4v) is 6.04. The van der Waals surface area contributed by atoms with Crippen LogP contribution in [0.25, 0.3) is 0 Å². The zero-order chi connectivity index (χ0) is 32.4. The molecule has 0 aliphatic heterocycles. The summed E-state index contributed by atoms with van der Waals surface area (Å²) < 4.78 is 0. The van der Waals surface area contributed by atoms with E-state index in [1.807, 2.05) is 0 Å². The number of carbonyl (C=O) groups is 1. The summed E-state index contributed by atoms with van der Waals surface area (Å²) in [6.07, 6.45) is 38.8. The first kappa shape index (κ1) is 43.1. The Kier molecular flexibility index (Phi) is 34.2. The van der Waals surface area contributed by atoms with Gasteiger partial charge in [-0.1, -0.05) is 174 Å². The monoisotopic (exact) mass is 624 g/mol. The molecule has 0 heterocycles. The second-order valence-electron chi connectivity index (χ2n) is 13.5. The largest absolute Gasteiger partial charge is 0.394 e. The maximum Gasteiger partial charge on any atom is 0.220 e. The van der Waals surface area contributed by atoms with Crippen molar-refractivity contribution in [1.82, 2.24) is 5.32 Å². The van der Waals surface area contributed by atoms with Gasteiger partial charge >= 0.3 is 0 Å². The summed E-state index contributed by atoms with van der Waals surface area (Å²) in [6.45, 7) is 4.16. The summed E-state index contributed by atoms with van der Waals surface area (Å²) in [4.78, 5) is 12.4. The summed E-state index contributed by atoms with van der Waals surface area (Å²) in [5.74, 6) is -0.153. The van der Waals surface area contributed by atoms with Crippen LogP contribution in [0.4, 0.5) is 0 Å². The van der Waals surface area contributed by atoms with Crippen LogP contribution < -0.4 is 5.32 Å². The van der Waals surface area contributed by atoms with E-state index >= 15 is 0 Å². The van der Waals surface area contributed by atoms with Gasteiger partial charge in [0.25, 0.3) is 0 Å². The smallest absolute Gasteiger partial charge is 0.220 e. The molecule has 0 aliphatic rings. The number of aliphatic hydroxyl groups is 3. The number of nitrogens with one attached hydrogen (secondary N) is 1. The van der Waals surface area contributed by atoms with E-state index in [2.05, 4.69) is 31.3 Å². The minimum absolute atomic E-state index is 0.153. The van der Waals surface area contributed by atoms with Crippen molar-refractivity contribution in [2.24, 2.45) is 0 Å². The van der Waals surface area contributed by atoms with Crippen molar-refractivity contribution in [3.05, 3.63) is 12.2 Å². The van der Waals surface area contributed by atoms with Crippen molar-refractivity contribution >= 4 is 5.91 Å². The standard InChI is InChI=1S/C39H77NO4/c1-3-5-7-9-11-13-15-17-18-19-20-22-24-26-28-30-32-34-38(43)40-36(35-41)39(44)37(42)33-31-29-27-25-23-21-16-14-12-10-8-6-4-2/h25,27,36-37,39,41-42,44H,3-24,26,28-35H2,1-2H3,(H,40,43)/b27-25+. The molecule has 0 aliphatic carbocycles. The van der Waals surface area contributed by atoms with Crippen molar-refractivity contribution in [2.75, 3.05) is 6.61 Å². The molecule has 0 rings (SSSR count). The van der Waals surface area contributed by atoms with E-state index in [1.165, 1.54) is 141 Å². The fraction of sp³-hybridized carbons (Fsp3) is 0.923. The molecular formula is C39H77NO4. The van der Waals surface area contributed by atoms with Crippen molar-refractivity contribution in [1.29, 1.82) is 0 Å². The van der Waals surface area contributed by atoms with Crippen LogP contribution in [0.3, 0.4) is 0 Å². The molecule has 262 valence electrons. The van der Waals surface area contributed by atoms with E-state index < -0.39 is 18.2 Å². The van der Waals surface area contributed by atoms with Crippen molar-refractivity contribution < 1.29 is 20.1 Å². The summed E-state index contributed by atoms with van der Waals surface area (Å²) in [5, 5.41) is 33.3. The first-order chi connectivity index (χ1) is 21.6. The van der Waals surface area contributed by atoms with Crippen molar-refractivity contribution in [3.63, 3.8) is 0 Å². The Labute approximate surface area is 274 Å². The topological polar surface area (TPSA) is 89.8 Å². The van der Waals surface area contributed by atoms with Crippen LogP contribution in [-0.4, -0.2) is 46.1 Å². The lowest BCUT2D eigenvalue weighted by molar-refractivity contribution is -0.124. The Morgan fingerprint density at radius 3 is 1.32 bits per heavy atom. The number of hydrogen-bond acceptors (Lipinski definition) is 4. The molecule has 0 radical (unpaired) electrons. The van der Waals surface area contributed by atoms with Crippen molar-refractivity contribution in [3.8, 4) is 0 Å². The molecule has 0 bridgehead atoms. The third-order valence-electron chi connectivity index (χ3n) is 9.12. The van der Waals surface area contributed by atoms with Gasteiger partial charge < -0.3 is 20.6 Å². The zero-order valence-corrected chi connectivity index (χ0v) is 29.6. The van der Waals surface area contributed by atoms with E-state index in [1.54, 1.807) is 0 Å². The summed E-state index contributed by atoms with van der Waals surface area (Å²) >= 11 is 0. The predicted molar refractivity (Wildman–Crippen MR) is 190 cm³/mol. The Morgan fingerprint density at radius 1 is 0.545 bits per heavy atom. The first-order valence-electron chi connectivity index (χ1n) is 19.5. The molecule has 0 aromatic carbocycles. The molecule has 4 N–H and O–H groups in total. The van der Waals surface area contributed by atoms with Crippen LogP contribution in [0.1, 0.15) is 206 Å². The van der Waals surface area contributed by atoms with Gasteiger partial charge in [-0.15, -0.1) is 0 Å². The molecule has 5 heteroatoms. The molecule has 0 fully saturated rings. The van der Waals surface area contributed by atoms with Crippen LogP contribution in [0.5, 0.6) is 0 Å². The van der Waals surface area contributed by atoms with Crippen LogP contribution in [-0.2, 0) is 4.79 Å². The molecule has 1 amide bonds. The van der Waals surface area contributed by atoms with Gasteiger partial charge in [0.1, 0.15) is 6.10 Å². The lowest BCUT2D eigenvalue weighted by Gasteiger charge is -2.26. The molecule has 44 heavy (non-hydrogen) atoms. The average molecular weight is 624 g/mol. The van der Waals surface area contributed by atoms with Gasteiger partial charge in [0.05, 0.1) is 18.8 Å². The van der Waals surface area contributed by atoms with Crippen molar-refractivity contribution in [2.45, 2.75) is 225 Å². The van der Waals surface area contributed by atoms with Crippen LogP contribution in [0, 0.1) is 0 Å². The molecular weight excluding hydrogens is 546 g/mol. The summed E-state index contributed by atoms with van der Waals surface area (Å²) in [7, 11) is 0. The Bertz CT molecular complexity index is 611. The Morgan fingerprint density at radius 2 is 0.909 bits per heavy atom. The second kappa shape index (κ2) is 35.0. The molecule has 3 unspecified atom stereocenters. The average Bonchev–Trinajstić information content (AvgIpc) is 3.03. The zero-order valence-electron chi connectivity index (χ0n) is 29.6. The lowest BCUT2D eigenvalue weighted by atomic mass is 10.0. The quantitative estimate of drug-likeness (QED) is 0.0418. The third kappa shape index (κ3) is 29.8. The fourth-order valence-electron chi connectivity index (χ4n) is 6.04. The summed E-state index contributed by atoms with van der Waals surface area (Å²) in [5.41, 5.74) is 0. The van der Waals surface area contributed by atoms with E-state index in [0.717, 1.165) is 38.5 Å². The Hall–Kier alpha value is -0.910. The van der Waals surface area contributed by atoms with Crippen LogP contribution in [0.15, 0.2) is 12.2 Å². The van der Waals surface area contributed by atoms with Crippen LogP contribution >= 0.6 is 0 Å². The molecule has 0 aromatic rings. The highest BCUT2D eigenvalue weighted by Gasteiger charge is 2.26. The highest BCUT2D eigenvalue weighted by atomic mass is 16.3. The number of hydrogen-bond donors (Lipinski definition) is 4. The van der Waals surface area contributed by atoms with Gasteiger partial charge in [-0.05, 0) is 38.5 Å². The van der Waals surface area contributed by atoms with E-state index in [0.29, 0.717) is 12.8 Å². The number of allylic oxidation sites excluding steroid dienone is 2. The number of carbonyl (C=O) groups excluding carboxylic acids is 1. The maximum absolute atomic E-state index is 12.4. The van der Waals surface area contributed by atoms with E-state index in [-0.39, 0.29) is 12.5 Å². The number of unbranched alkanes of at least 4 members (excludes halogenated alkanes) is 25.